The van der Waals surface area contributed by atoms with Gasteiger partial charge in [-0.15, -0.1) is 0 Å². The van der Waals surface area contributed by atoms with Crippen molar-refractivity contribution in [1.29, 1.82) is 0 Å². The van der Waals surface area contributed by atoms with Gasteiger partial charge in [0, 0.05) is 25.5 Å². The van der Waals surface area contributed by atoms with Crippen molar-refractivity contribution in [3.63, 3.8) is 0 Å². The number of benzene rings is 1. The first-order valence-corrected chi connectivity index (χ1v) is 14.4. The average molecular weight is 543 g/mol. The van der Waals surface area contributed by atoms with E-state index in [4.69, 9.17) is 9.15 Å². The molecule has 39 heavy (non-hydrogen) atoms. The lowest BCUT2D eigenvalue weighted by Gasteiger charge is -2.54. The van der Waals surface area contributed by atoms with Gasteiger partial charge < -0.3 is 29.2 Å². The van der Waals surface area contributed by atoms with E-state index in [2.05, 4.69) is 31.0 Å². The molecule has 2 heterocycles. The maximum absolute atomic E-state index is 13.3. The highest BCUT2D eigenvalue weighted by Crippen LogP contribution is 2.45. The van der Waals surface area contributed by atoms with Crippen molar-refractivity contribution in [3.8, 4) is 0 Å². The summed E-state index contributed by atoms with van der Waals surface area (Å²) in [7, 11) is 1.77. The van der Waals surface area contributed by atoms with Gasteiger partial charge in [-0.2, -0.15) is 0 Å². The van der Waals surface area contributed by atoms with Crippen LogP contribution >= 0.6 is 0 Å². The first-order valence-electron chi connectivity index (χ1n) is 14.4. The number of carbonyl (C=O) groups excluding carboxylic acids is 3. The third-order valence-corrected chi connectivity index (χ3v) is 8.25. The minimum atomic E-state index is -0.713. The van der Waals surface area contributed by atoms with Crippen LogP contribution in [0.5, 0.6) is 0 Å². The molecular weight excluding hydrogens is 496 g/mol. The molecule has 2 aromatic rings. The second kappa shape index (κ2) is 13.9. The molecular formula is C30H46N4O5. The third-order valence-electron chi connectivity index (χ3n) is 8.25. The second-order valence-corrected chi connectivity index (χ2v) is 10.4. The van der Waals surface area contributed by atoms with E-state index in [0.29, 0.717) is 19.4 Å². The summed E-state index contributed by atoms with van der Waals surface area (Å²) in [6.07, 6.45) is 3.86. The van der Waals surface area contributed by atoms with Crippen LogP contribution in [0.15, 0.2) is 34.9 Å². The fourth-order valence-corrected chi connectivity index (χ4v) is 5.46. The molecule has 9 heteroatoms. The van der Waals surface area contributed by atoms with E-state index < -0.39 is 11.6 Å². The first kappa shape index (κ1) is 30.6. The lowest BCUT2D eigenvalue weighted by atomic mass is 9.71. The van der Waals surface area contributed by atoms with Gasteiger partial charge in [-0.05, 0) is 56.1 Å². The Kier molecular flexibility index (Phi) is 10.9. The molecule has 1 aliphatic heterocycles. The number of rotatable bonds is 16. The lowest BCUT2D eigenvalue weighted by Crippen LogP contribution is -2.71. The topological polar surface area (TPSA) is 95.3 Å². The van der Waals surface area contributed by atoms with Crippen LogP contribution in [-0.2, 0) is 19.1 Å². The van der Waals surface area contributed by atoms with Gasteiger partial charge in [0.25, 0.3) is 0 Å². The Morgan fingerprint density at radius 3 is 2.46 bits per heavy atom. The number of hydrogen-bond acceptors (Lipinski definition) is 6. The van der Waals surface area contributed by atoms with Crippen LogP contribution in [-0.4, -0.2) is 85.0 Å². The van der Waals surface area contributed by atoms with E-state index in [-0.39, 0.29) is 36.9 Å². The number of fused-ring (bicyclic) bond motifs is 1. The molecule has 2 atom stereocenters. The minimum absolute atomic E-state index is 0.0955. The van der Waals surface area contributed by atoms with Crippen LogP contribution < -0.4 is 5.32 Å². The number of likely N-dealkylation sites (tertiary alicyclic amines) is 1. The summed E-state index contributed by atoms with van der Waals surface area (Å²) in [5, 5.41) is 4.10. The van der Waals surface area contributed by atoms with Crippen molar-refractivity contribution in [2.24, 2.45) is 5.41 Å². The van der Waals surface area contributed by atoms with Gasteiger partial charge in [0.2, 0.25) is 17.7 Å². The summed E-state index contributed by atoms with van der Waals surface area (Å²) >= 11 is 0. The first-order chi connectivity index (χ1) is 18.7. The van der Waals surface area contributed by atoms with Crippen LogP contribution in [0, 0.1) is 5.41 Å². The molecule has 0 saturated carbocycles. The van der Waals surface area contributed by atoms with Crippen LogP contribution in [0.3, 0.4) is 0 Å². The van der Waals surface area contributed by atoms with Crippen molar-refractivity contribution >= 4 is 28.7 Å². The number of likely N-dealkylation sites (N-methyl/N-ethyl adjacent to an activating group) is 2. The van der Waals surface area contributed by atoms with E-state index in [0.717, 1.165) is 49.0 Å². The number of hydrogen-bond donors (Lipinski definition) is 1. The largest absolute Gasteiger partial charge is 0.464 e. The molecule has 0 radical (unpaired) electrons. The monoisotopic (exact) mass is 542 g/mol. The standard InChI is InChI=1S/C30H46N4O5/c1-7-12-24(22-13-14-25-23(19-22)15-18-38-25)31-26(35)20-34-28(37)30(8-2,9-3)29(34)39-21-27(36)32(6)16-17-33(10-4)11-5/h13-15,18-19,24,29H,7-12,16-17,20-21H2,1-6H3,(H,31,35)/t24-,29+/m1/s1. The molecule has 0 unspecified atom stereocenters. The summed E-state index contributed by atoms with van der Waals surface area (Å²) in [5.41, 5.74) is 1.09. The molecule has 1 aromatic carbocycles. The van der Waals surface area contributed by atoms with Crippen molar-refractivity contribution in [2.45, 2.75) is 72.6 Å². The van der Waals surface area contributed by atoms with Crippen LogP contribution in [0.4, 0.5) is 0 Å². The van der Waals surface area contributed by atoms with E-state index in [1.807, 2.05) is 38.1 Å². The normalized spacial score (nSPS) is 17.4. The number of ether oxygens (including phenoxy) is 1. The zero-order chi connectivity index (χ0) is 28.6. The Bertz CT molecular complexity index is 1110. The fraction of sp³-hybridized carbons (Fsp3) is 0.633. The zero-order valence-electron chi connectivity index (χ0n) is 24.5. The van der Waals surface area contributed by atoms with Crippen LogP contribution in [0.1, 0.15) is 71.9 Å². The maximum atomic E-state index is 13.3. The smallest absolute Gasteiger partial charge is 0.248 e. The van der Waals surface area contributed by atoms with Gasteiger partial charge in [-0.3, -0.25) is 14.4 Å². The molecule has 1 saturated heterocycles. The number of amides is 3. The Labute approximate surface area is 232 Å². The summed E-state index contributed by atoms with van der Waals surface area (Å²) in [6, 6.07) is 7.63. The molecule has 0 aliphatic carbocycles. The van der Waals surface area contributed by atoms with Crippen molar-refractivity contribution in [2.75, 3.05) is 46.4 Å². The highest BCUT2D eigenvalue weighted by Gasteiger charge is 2.59. The van der Waals surface area contributed by atoms with Crippen molar-refractivity contribution < 1.29 is 23.5 Å². The molecule has 1 aromatic heterocycles. The van der Waals surface area contributed by atoms with Crippen molar-refractivity contribution in [1.82, 2.24) is 20.0 Å². The molecule has 9 nitrogen and oxygen atoms in total. The van der Waals surface area contributed by atoms with E-state index in [1.165, 1.54) is 4.90 Å². The summed E-state index contributed by atoms with van der Waals surface area (Å²) in [4.78, 5) is 44.7. The molecule has 3 rings (SSSR count). The average Bonchev–Trinajstić information content (AvgIpc) is 3.42. The maximum Gasteiger partial charge on any atom is 0.248 e. The van der Waals surface area contributed by atoms with Gasteiger partial charge in [0.1, 0.15) is 25.0 Å². The molecule has 1 N–H and O–H groups in total. The molecule has 0 bridgehead atoms. The van der Waals surface area contributed by atoms with Crippen LogP contribution in [0.2, 0.25) is 0 Å². The van der Waals surface area contributed by atoms with E-state index in [9.17, 15) is 14.4 Å². The zero-order valence-corrected chi connectivity index (χ0v) is 24.5. The van der Waals surface area contributed by atoms with Gasteiger partial charge in [-0.1, -0.05) is 47.1 Å². The van der Waals surface area contributed by atoms with Gasteiger partial charge >= 0.3 is 0 Å². The number of β-lactam (4-membered cyclic amide) rings is 1. The number of furan rings is 1. The Balaban J connectivity index is 1.64. The number of nitrogens with one attached hydrogen (secondary N) is 1. The van der Waals surface area contributed by atoms with E-state index in [1.54, 1.807) is 18.2 Å². The molecule has 1 aliphatic rings. The molecule has 3 amide bonds. The Hall–Kier alpha value is -2.91. The molecule has 216 valence electrons. The van der Waals surface area contributed by atoms with Gasteiger partial charge in [0.15, 0.2) is 0 Å². The van der Waals surface area contributed by atoms with Crippen molar-refractivity contribution in [3.05, 3.63) is 36.1 Å². The quantitative estimate of drug-likeness (QED) is 0.320. The van der Waals surface area contributed by atoms with Crippen LogP contribution in [0.25, 0.3) is 11.0 Å². The van der Waals surface area contributed by atoms with E-state index >= 15 is 0 Å². The Morgan fingerprint density at radius 2 is 1.82 bits per heavy atom. The number of carbonyl (C=O) groups is 3. The van der Waals surface area contributed by atoms with Gasteiger partial charge in [-0.25, -0.2) is 0 Å². The Morgan fingerprint density at radius 1 is 1.10 bits per heavy atom. The highest BCUT2D eigenvalue weighted by molar-refractivity contribution is 5.93. The molecule has 0 spiro atoms. The minimum Gasteiger partial charge on any atom is -0.464 e. The fourth-order valence-electron chi connectivity index (χ4n) is 5.46. The predicted octanol–water partition coefficient (Wildman–Crippen LogP) is 4.18. The number of nitrogens with zero attached hydrogens (tertiary/aromatic N) is 3. The summed E-state index contributed by atoms with van der Waals surface area (Å²) in [6.45, 7) is 13.2. The predicted molar refractivity (Wildman–Crippen MR) is 152 cm³/mol. The highest BCUT2D eigenvalue weighted by atomic mass is 16.5. The summed E-state index contributed by atoms with van der Waals surface area (Å²) < 4.78 is 11.5. The van der Waals surface area contributed by atoms with Gasteiger partial charge in [0.05, 0.1) is 17.7 Å². The lowest BCUT2D eigenvalue weighted by molar-refractivity contribution is -0.224. The molecule has 1 fully saturated rings. The SMILES string of the molecule is CCC[C@@H](NC(=O)CN1C(=O)C(CC)(CC)[C@@H]1OCC(=O)N(C)CCN(CC)CC)c1ccc2occc2c1. The third kappa shape index (κ3) is 6.81. The second-order valence-electron chi connectivity index (χ2n) is 10.4. The summed E-state index contributed by atoms with van der Waals surface area (Å²) in [5.74, 6) is -0.474.